The molecule has 154 valence electrons. The minimum absolute atomic E-state index is 0.166. The van der Waals surface area contributed by atoms with Gasteiger partial charge in [0.25, 0.3) is 0 Å². The molecule has 2 rings (SSSR count). The highest BCUT2D eigenvalue weighted by Crippen LogP contribution is 2.20. The highest BCUT2D eigenvalue weighted by molar-refractivity contribution is 7.91. The lowest BCUT2D eigenvalue weighted by Gasteiger charge is -2.11. The Morgan fingerprint density at radius 2 is 1.86 bits per heavy atom. The fraction of sp³-hybridized carbons (Fsp3) is 0.450. The van der Waals surface area contributed by atoms with Gasteiger partial charge in [-0.3, -0.25) is 0 Å². The number of primary sulfonamides is 1. The first-order chi connectivity index (χ1) is 13.3. The van der Waals surface area contributed by atoms with E-state index in [0.29, 0.717) is 12.5 Å². The molecule has 0 bridgehead atoms. The van der Waals surface area contributed by atoms with Gasteiger partial charge in [0, 0.05) is 18.0 Å². The van der Waals surface area contributed by atoms with Crippen molar-refractivity contribution in [3.63, 3.8) is 0 Å². The Morgan fingerprint density at radius 1 is 1.14 bits per heavy atom. The average Bonchev–Trinajstić information content (AvgIpc) is 3.13. The number of hydrogen-bond acceptors (Lipinski definition) is 4. The number of benzene rings is 1. The van der Waals surface area contributed by atoms with E-state index in [-0.39, 0.29) is 4.21 Å². The largest absolute Gasteiger partial charge is 0.357 e. The van der Waals surface area contributed by atoms with Gasteiger partial charge >= 0.3 is 0 Å². The number of aryl methyl sites for hydroxylation is 1. The molecule has 0 unspecified atom stereocenters. The first kappa shape index (κ1) is 22.4. The molecule has 0 spiro atoms. The molecule has 0 saturated heterocycles. The van der Waals surface area contributed by atoms with Crippen LogP contribution in [0.1, 0.15) is 49.1 Å². The summed E-state index contributed by atoms with van der Waals surface area (Å²) in [5.74, 6) is 1.28. The second-order valence-corrected chi connectivity index (χ2v) is 9.84. The maximum atomic E-state index is 11.4. The molecule has 0 radical (unpaired) electrons. The second kappa shape index (κ2) is 10.6. The molecule has 28 heavy (non-hydrogen) atoms. The van der Waals surface area contributed by atoms with Crippen molar-refractivity contribution in [2.45, 2.75) is 50.3 Å². The van der Waals surface area contributed by atoms with E-state index < -0.39 is 10.0 Å². The Kier molecular flexibility index (Phi) is 8.47. The summed E-state index contributed by atoms with van der Waals surface area (Å²) >= 11 is 1.15. The number of hydrogen-bond donors (Lipinski definition) is 3. The molecule has 4 N–H and O–H groups in total. The summed E-state index contributed by atoms with van der Waals surface area (Å²) < 4.78 is 22.9. The Balaban J connectivity index is 1.83. The molecule has 0 saturated carbocycles. The summed E-state index contributed by atoms with van der Waals surface area (Å²) in [4.78, 5) is 5.38. The fourth-order valence-corrected chi connectivity index (χ4v) is 4.37. The number of rotatable bonds is 9. The van der Waals surface area contributed by atoms with Gasteiger partial charge < -0.3 is 10.6 Å². The van der Waals surface area contributed by atoms with E-state index in [1.807, 2.05) is 6.92 Å². The maximum absolute atomic E-state index is 11.4. The Hall–Kier alpha value is -1.90. The topological polar surface area (TPSA) is 96.6 Å². The number of sulfonamides is 1. The summed E-state index contributed by atoms with van der Waals surface area (Å²) in [5.41, 5.74) is 2.70. The van der Waals surface area contributed by atoms with Crippen LogP contribution in [0.2, 0.25) is 0 Å². The van der Waals surface area contributed by atoms with Crippen molar-refractivity contribution < 1.29 is 8.42 Å². The van der Waals surface area contributed by atoms with Crippen LogP contribution >= 0.6 is 11.3 Å². The van der Waals surface area contributed by atoms with Crippen LogP contribution < -0.4 is 15.8 Å². The number of nitrogens with one attached hydrogen (secondary N) is 2. The van der Waals surface area contributed by atoms with Gasteiger partial charge in [0.15, 0.2) is 5.96 Å². The maximum Gasteiger partial charge on any atom is 0.247 e. The molecule has 0 aliphatic heterocycles. The van der Waals surface area contributed by atoms with Crippen molar-refractivity contribution in [2.75, 3.05) is 13.1 Å². The minimum Gasteiger partial charge on any atom is -0.357 e. The van der Waals surface area contributed by atoms with Crippen LogP contribution in [0.5, 0.6) is 0 Å². The van der Waals surface area contributed by atoms with Gasteiger partial charge in [0.1, 0.15) is 4.21 Å². The van der Waals surface area contributed by atoms with Crippen molar-refractivity contribution >= 4 is 27.3 Å². The molecule has 0 fully saturated rings. The number of guanidine groups is 1. The average molecular weight is 423 g/mol. The van der Waals surface area contributed by atoms with E-state index in [0.717, 1.165) is 48.1 Å². The van der Waals surface area contributed by atoms with Gasteiger partial charge in [0.05, 0.1) is 6.54 Å². The third-order valence-electron chi connectivity index (χ3n) is 4.24. The van der Waals surface area contributed by atoms with Crippen molar-refractivity contribution in [2.24, 2.45) is 10.1 Å². The molecule has 2 aromatic rings. The van der Waals surface area contributed by atoms with Crippen LogP contribution in [0.15, 0.2) is 45.6 Å². The van der Waals surface area contributed by atoms with Crippen LogP contribution in [0.4, 0.5) is 0 Å². The standard InChI is InChI=1S/C20H30N4O2S2/c1-4-22-20(24-14-18-11-12-19(27-18)28(21,25)26)23-13-5-6-16-7-9-17(10-8-16)15(2)3/h7-12,15H,4-6,13-14H2,1-3H3,(H2,21,25,26)(H2,22,23,24). The summed E-state index contributed by atoms with van der Waals surface area (Å²) in [5, 5.41) is 11.7. The Morgan fingerprint density at radius 3 is 2.43 bits per heavy atom. The molecule has 8 heteroatoms. The molecular weight excluding hydrogens is 392 g/mol. The summed E-state index contributed by atoms with van der Waals surface area (Å²) in [6.07, 6.45) is 2.01. The second-order valence-electron chi connectivity index (χ2n) is 6.89. The van der Waals surface area contributed by atoms with E-state index in [2.05, 4.69) is 53.7 Å². The Bertz CT molecular complexity index is 872. The molecule has 1 heterocycles. The lowest BCUT2D eigenvalue weighted by Crippen LogP contribution is -2.37. The zero-order valence-electron chi connectivity index (χ0n) is 16.7. The normalized spacial score (nSPS) is 12.4. The lowest BCUT2D eigenvalue weighted by molar-refractivity contribution is 0.600. The number of nitrogens with two attached hydrogens (primary N) is 1. The molecular formula is C20H30N4O2S2. The number of nitrogens with zero attached hydrogens (tertiary/aromatic N) is 1. The third-order valence-corrected chi connectivity index (χ3v) is 6.74. The van der Waals surface area contributed by atoms with E-state index >= 15 is 0 Å². The first-order valence-electron chi connectivity index (χ1n) is 9.52. The minimum atomic E-state index is -3.64. The van der Waals surface area contributed by atoms with Crippen molar-refractivity contribution in [3.8, 4) is 0 Å². The summed E-state index contributed by atoms with van der Waals surface area (Å²) in [7, 11) is -3.64. The third kappa shape index (κ3) is 7.26. The molecule has 0 aliphatic carbocycles. The van der Waals surface area contributed by atoms with E-state index in [4.69, 9.17) is 5.14 Å². The predicted molar refractivity (Wildman–Crippen MR) is 117 cm³/mol. The van der Waals surface area contributed by atoms with Gasteiger partial charge in [-0.05, 0) is 48.9 Å². The quantitative estimate of drug-likeness (QED) is 0.328. The molecule has 0 atom stereocenters. The molecule has 1 aromatic heterocycles. The van der Waals surface area contributed by atoms with Crippen molar-refractivity contribution in [1.29, 1.82) is 0 Å². The van der Waals surface area contributed by atoms with Gasteiger partial charge in [-0.2, -0.15) is 0 Å². The van der Waals surface area contributed by atoms with Crippen LogP contribution in [-0.4, -0.2) is 27.5 Å². The van der Waals surface area contributed by atoms with Gasteiger partial charge in [-0.25, -0.2) is 18.5 Å². The van der Waals surface area contributed by atoms with E-state index in [1.165, 1.54) is 17.2 Å². The van der Waals surface area contributed by atoms with Crippen LogP contribution in [0.25, 0.3) is 0 Å². The lowest BCUT2D eigenvalue weighted by atomic mass is 10.0. The summed E-state index contributed by atoms with van der Waals surface area (Å²) in [6.45, 7) is 8.39. The zero-order valence-corrected chi connectivity index (χ0v) is 18.4. The Labute approximate surface area is 172 Å². The van der Waals surface area contributed by atoms with Crippen LogP contribution in [-0.2, 0) is 23.0 Å². The molecule has 0 amide bonds. The molecule has 1 aromatic carbocycles. The van der Waals surface area contributed by atoms with Gasteiger partial charge in [-0.1, -0.05) is 38.1 Å². The monoisotopic (exact) mass is 422 g/mol. The fourth-order valence-electron chi connectivity index (χ4n) is 2.66. The highest BCUT2D eigenvalue weighted by atomic mass is 32.2. The SMILES string of the molecule is CCNC(=NCc1ccc(S(N)(=O)=O)s1)NCCCc1ccc(C(C)C)cc1. The van der Waals surface area contributed by atoms with Gasteiger partial charge in [0.2, 0.25) is 10.0 Å². The van der Waals surface area contributed by atoms with E-state index in [9.17, 15) is 8.42 Å². The van der Waals surface area contributed by atoms with Crippen molar-refractivity contribution in [3.05, 3.63) is 52.4 Å². The van der Waals surface area contributed by atoms with Crippen molar-refractivity contribution in [1.82, 2.24) is 10.6 Å². The van der Waals surface area contributed by atoms with E-state index in [1.54, 1.807) is 6.07 Å². The smallest absolute Gasteiger partial charge is 0.247 e. The molecule has 6 nitrogen and oxygen atoms in total. The number of aliphatic imine (C=N–C) groups is 1. The van der Waals surface area contributed by atoms with Crippen LogP contribution in [0, 0.1) is 0 Å². The highest BCUT2D eigenvalue weighted by Gasteiger charge is 2.11. The zero-order chi connectivity index (χ0) is 20.6. The number of thiophene rings is 1. The summed E-state index contributed by atoms with van der Waals surface area (Å²) in [6, 6.07) is 12.1. The van der Waals surface area contributed by atoms with Gasteiger partial charge in [-0.15, -0.1) is 11.3 Å². The first-order valence-corrected chi connectivity index (χ1v) is 11.9. The molecule has 0 aliphatic rings. The predicted octanol–water partition coefficient (Wildman–Crippen LogP) is 3.21. The van der Waals surface area contributed by atoms with Crippen LogP contribution in [0.3, 0.4) is 0 Å².